The molecule has 1 saturated heterocycles. The first-order valence-electron chi connectivity index (χ1n) is 7.72. The highest BCUT2D eigenvalue weighted by molar-refractivity contribution is 8.00. The van der Waals surface area contributed by atoms with Crippen molar-refractivity contribution in [2.75, 3.05) is 24.5 Å². The molecule has 5 heteroatoms. The molecule has 1 aromatic heterocycles. The van der Waals surface area contributed by atoms with E-state index in [1.165, 1.54) is 0 Å². The van der Waals surface area contributed by atoms with Crippen molar-refractivity contribution in [3.8, 4) is 0 Å². The topological polar surface area (TPSA) is 28.2 Å². The molecule has 0 saturated carbocycles. The lowest BCUT2D eigenvalue weighted by Crippen LogP contribution is -2.41. The second kappa shape index (κ2) is 7.70. The van der Waals surface area contributed by atoms with Crippen LogP contribution in [-0.2, 0) is 6.54 Å². The van der Waals surface area contributed by atoms with Crippen LogP contribution in [0.4, 0.5) is 5.82 Å². The van der Waals surface area contributed by atoms with Crippen LogP contribution in [-0.4, -0.2) is 35.1 Å². The zero-order valence-electron chi connectivity index (χ0n) is 13.4. The Morgan fingerprint density at radius 1 is 1.33 bits per heavy atom. The number of nitrogens with zero attached hydrogens (tertiary/aromatic N) is 2. The van der Waals surface area contributed by atoms with E-state index in [1.807, 2.05) is 12.1 Å². The smallest absolute Gasteiger partial charge is 0.129 e. The summed E-state index contributed by atoms with van der Waals surface area (Å²) < 4.78 is 0. The number of hydrogen-bond donors (Lipinski definition) is 1. The van der Waals surface area contributed by atoms with Crippen molar-refractivity contribution in [3.05, 3.63) is 22.8 Å². The summed E-state index contributed by atoms with van der Waals surface area (Å²) in [5, 5.41) is 5.47. The van der Waals surface area contributed by atoms with Crippen molar-refractivity contribution < 1.29 is 0 Å². The molecule has 1 N–H and O–H groups in total. The van der Waals surface area contributed by atoms with Crippen molar-refractivity contribution >= 4 is 29.2 Å². The Morgan fingerprint density at radius 2 is 2.00 bits per heavy atom. The maximum atomic E-state index is 6.28. The molecule has 0 aromatic carbocycles. The van der Waals surface area contributed by atoms with Gasteiger partial charge in [-0.25, -0.2) is 4.98 Å². The number of rotatable bonds is 5. The standard InChI is InChI=1S/C16H26ClN3S/c1-11(2)7-18-8-15-14(17)5-6-16(19-15)20-9-12(3)21-13(4)10-20/h5-6,11-13,18H,7-10H2,1-4H3. The summed E-state index contributed by atoms with van der Waals surface area (Å²) in [6, 6.07) is 4.02. The summed E-state index contributed by atoms with van der Waals surface area (Å²) in [7, 11) is 0. The first-order chi connectivity index (χ1) is 9.95. The summed E-state index contributed by atoms with van der Waals surface area (Å²) >= 11 is 8.34. The van der Waals surface area contributed by atoms with Crippen LogP contribution in [0.5, 0.6) is 0 Å². The van der Waals surface area contributed by atoms with Gasteiger partial charge in [-0.2, -0.15) is 11.8 Å². The molecule has 1 aromatic rings. The van der Waals surface area contributed by atoms with Gasteiger partial charge in [-0.3, -0.25) is 0 Å². The Balaban J connectivity index is 2.06. The zero-order valence-corrected chi connectivity index (χ0v) is 15.0. The van der Waals surface area contributed by atoms with Gasteiger partial charge in [0.05, 0.1) is 10.7 Å². The van der Waals surface area contributed by atoms with Gasteiger partial charge in [-0.1, -0.05) is 39.3 Å². The summed E-state index contributed by atoms with van der Waals surface area (Å²) in [6.45, 7) is 12.8. The van der Waals surface area contributed by atoms with Crippen LogP contribution in [0, 0.1) is 5.92 Å². The molecule has 0 aliphatic carbocycles. The SMILES string of the molecule is CC(C)CNCc1nc(N2CC(C)SC(C)C2)ccc1Cl. The molecule has 1 fully saturated rings. The van der Waals surface area contributed by atoms with Gasteiger partial charge in [0, 0.05) is 30.1 Å². The molecule has 0 amide bonds. The Labute approximate surface area is 137 Å². The maximum Gasteiger partial charge on any atom is 0.129 e. The van der Waals surface area contributed by atoms with E-state index in [-0.39, 0.29) is 0 Å². The lowest BCUT2D eigenvalue weighted by molar-refractivity contribution is 0.548. The van der Waals surface area contributed by atoms with Gasteiger partial charge in [0.2, 0.25) is 0 Å². The normalized spacial score (nSPS) is 22.9. The third kappa shape index (κ3) is 5.04. The lowest BCUT2D eigenvalue weighted by Gasteiger charge is -2.35. The summed E-state index contributed by atoms with van der Waals surface area (Å²) in [4.78, 5) is 7.17. The minimum Gasteiger partial charge on any atom is -0.354 e. The molecular formula is C16H26ClN3S. The maximum absolute atomic E-state index is 6.28. The molecule has 2 rings (SSSR count). The predicted molar refractivity (Wildman–Crippen MR) is 94.5 cm³/mol. The number of nitrogens with one attached hydrogen (secondary N) is 1. The lowest BCUT2D eigenvalue weighted by atomic mass is 10.2. The molecule has 21 heavy (non-hydrogen) atoms. The first-order valence-corrected chi connectivity index (χ1v) is 9.04. The zero-order chi connectivity index (χ0) is 15.4. The van der Waals surface area contributed by atoms with E-state index in [9.17, 15) is 0 Å². The number of halogens is 1. The van der Waals surface area contributed by atoms with Crippen LogP contribution in [0.2, 0.25) is 5.02 Å². The van der Waals surface area contributed by atoms with Crippen molar-refractivity contribution in [3.63, 3.8) is 0 Å². The van der Waals surface area contributed by atoms with E-state index in [4.69, 9.17) is 16.6 Å². The van der Waals surface area contributed by atoms with E-state index >= 15 is 0 Å². The van der Waals surface area contributed by atoms with Gasteiger partial charge in [0.25, 0.3) is 0 Å². The average molecular weight is 328 g/mol. The number of thioether (sulfide) groups is 1. The van der Waals surface area contributed by atoms with E-state index < -0.39 is 0 Å². The van der Waals surface area contributed by atoms with Crippen LogP contribution in [0.25, 0.3) is 0 Å². The van der Waals surface area contributed by atoms with Crippen molar-refractivity contribution in [1.29, 1.82) is 0 Å². The van der Waals surface area contributed by atoms with Crippen molar-refractivity contribution in [1.82, 2.24) is 10.3 Å². The Bertz CT molecular complexity index is 457. The summed E-state index contributed by atoms with van der Waals surface area (Å²) in [6.07, 6.45) is 0. The summed E-state index contributed by atoms with van der Waals surface area (Å²) in [5.41, 5.74) is 0.952. The Morgan fingerprint density at radius 3 is 2.62 bits per heavy atom. The molecule has 0 spiro atoms. The number of anilines is 1. The van der Waals surface area contributed by atoms with Gasteiger partial charge < -0.3 is 10.2 Å². The van der Waals surface area contributed by atoms with E-state index in [1.54, 1.807) is 0 Å². The average Bonchev–Trinajstić information content (AvgIpc) is 2.39. The highest BCUT2D eigenvalue weighted by atomic mass is 35.5. The summed E-state index contributed by atoms with van der Waals surface area (Å²) in [5.74, 6) is 1.69. The number of pyridine rings is 1. The van der Waals surface area contributed by atoms with E-state index in [0.29, 0.717) is 16.4 Å². The molecule has 3 nitrogen and oxygen atoms in total. The highest BCUT2D eigenvalue weighted by Crippen LogP contribution is 2.28. The largest absolute Gasteiger partial charge is 0.354 e. The van der Waals surface area contributed by atoms with Crippen LogP contribution < -0.4 is 10.2 Å². The van der Waals surface area contributed by atoms with Crippen LogP contribution in [0.3, 0.4) is 0 Å². The number of aromatic nitrogens is 1. The third-order valence-corrected chi connectivity index (χ3v) is 5.06. The molecule has 0 bridgehead atoms. The molecule has 1 aliphatic rings. The predicted octanol–water partition coefficient (Wildman–Crippen LogP) is 3.81. The molecule has 2 heterocycles. The second-order valence-corrected chi connectivity index (χ2v) is 8.57. The van der Waals surface area contributed by atoms with Crippen molar-refractivity contribution in [2.24, 2.45) is 5.92 Å². The fraction of sp³-hybridized carbons (Fsp3) is 0.688. The third-order valence-electron chi connectivity index (χ3n) is 3.49. The Hall–Kier alpha value is -0.450. The van der Waals surface area contributed by atoms with Crippen LogP contribution in [0.15, 0.2) is 12.1 Å². The molecular weight excluding hydrogens is 302 g/mol. The minimum atomic E-state index is 0.632. The van der Waals surface area contributed by atoms with E-state index in [0.717, 1.165) is 42.7 Å². The Kier molecular flexibility index (Phi) is 6.20. The molecule has 2 atom stereocenters. The van der Waals surface area contributed by atoms with Gasteiger partial charge >= 0.3 is 0 Å². The fourth-order valence-corrected chi connectivity index (χ4v) is 4.11. The molecule has 2 unspecified atom stereocenters. The second-order valence-electron chi connectivity index (χ2n) is 6.29. The number of hydrogen-bond acceptors (Lipinski definition) is 4. The first kappa shape index (κ1) is 16.9. The quantitative estimate of drug-likeness (QED) is 0.890. The van der Waals surface area contributed by atoms with E-state index in [2.05, 4.69) is 49.7 Å². The minimum absolute atomic E-state index is 0.632. The van der Waals surface area contributed by atoms with Crippen LogP contribution in [0.1, 0.15) is 33.4 Å². The van der Waals surface area contributed by atoms with Gasteiger partial charge in [0.1, 0.15) is 5.82 Å². The highest BCUT2D eigenvalue weighted by Gasteiger charge is 2.23. The molecule has 118 valence electrons. The van der Waals surface area contributed by atoms with Crippen LogP contribution >= 0.6 is 23.4 Å². The molecule has 1 aliphatic heterocycles. The van der Waals surface area contributed by atoms with Gasteiger partial charge in [0.15, 0.2) is 0 Å². The van der Waals surface area contributed by atoms with Gasteiger partial charge in [-0.05, 0) is 24.6 Å². The molecule has 0 radical (unpaired) electrons. The van der Waals surface area contributed by atoms with Crippen molar-refractivity contribution in [2.45, 2.75) is 44.7 Å². The fourth-order valence-electron chi connectivity index (χ4n) is 2.62. The van der Waals surface area contributed by atoms with Gasteiger partial charge in [-0.15, -0.1) is 0 Å². The monoisotopic (exact) mass is 327 g/mol.